The summed E-state index contributed by atoms with van der Waals surface area (Å²) in [5.74, 6) is 0.474. The highest BCUT2D eigenvalue weighted by atomic mass is 16.6. The second-order valence-corrected chi connectivity index (χ2v) is 3.10. The summed E-state index contributed by atoms with van der Waals surface area (Å²) in [4.78, 5) is 10.8. The van der Waals surface area contributed by atoms with Crippen molar-refractivity contribution < 1.29 is 9.53 Å². The lowest BCUT2D eigenvalue weighted by Crippen LogP contribution is -2.55. The smallest absolute Gasteiger partial charge is 0.407 e. The Kier molecular flexibility index (Phi) is 1.69. The molecule has 0 aromatic rings. The van der Waals surface area contributed by atoms with Gasteiger partial charge in [0.25, 0.3) is 0 Å². The fraction of sp³-hybridized carbons (Fsp3) is 0.857. The Morgan fingerprint density at radius 2 is 2.45 bits per heavy atom. The van der Waals surface area contributed by atoms with Gasteiger partial charge in [0.1, 0.15) is 0 Å². The molecule has 0 radical (unpaired) electrons. The van der Waals surface area contributed by atoms with Gasteiger partial charge in [-0.1, -0.05) is 0 Å². The molecule has 0 bridgehead atoms. The minimum Gasteiger partial charge on any atom is -0.449 e. The van der Waals surface area contributed by atoms with Gasteiger partial charge < -0.3 is 15.4 Å². The zero-order valence-electron chi connectivity index (χ0n) is 6.30. The van der Waals surface area contributed by atoms with Gasteiger partial charge >= 0.3 is 6.09 Å². The van der Waals surface area contributed by atoms with Crippen LogP contribution in [0, 0.1) is 5.92 Å². The molecule has 0 aliphatic carbocycles. The number of alkyl carbamates (subject to hydrolysis) is 1. The predicted molar refractivity (Wildman–Crippen MR) is 39.2 cm³/mol. The van der Waals surface area contributed by atoms with Crippen molar-refractivity contribution >= 4 is 6.09 Å². The number of hydrogen-bond acceptors (Lipinski definition) is 3. The second kappa shape index (κ2) is 2.70. The Labute approximate surface area is 65.3 Å². The van der Waals surface area contributed by atoms with Crippen LogP contribution in [0.4, 0.5) is 4.79 Å². The zero-order valence-corrected chi connectivity index (χ0v) is 6.30. The number of nitrogens with one attached hydrogen (secondary N) is 2. The Bertz CT molecular complexity index is 172. The molecule has 0 spiro atoms. The zero-order chi connectivity index (χ0) is 7.68. The van der Waals surface area contributed by atoms with E-state index in [9.17, 15) is 4.79 Å². The van der Waals surface area contributed by atoms with Crippen LogP contribution < -0.4 is 10.6 Å². The van der Waals surface area contributed by atoms with Crippen molar-refractivity contribution in [1.82, 2.24) is 10.6 Å². The highest BCUT2D eigenvalue weighted by Crippen LogP contribution is 2.15. The number of fused-ring (bicyclic) bond motifs is 1. The Morgan fingerprint density at radius 3 is 3.36 bits per heavy atom. The van der Waals surface area contributed by atoms with Crippen molar-refractivity contribution in [2.45, 2.75) is 12.5 Å². The van der Waals surface area contributed by atoms with E-state index in [2.05, 4.69) is 10.6 Å². The van der Waals surface area contributed by atoms with Gasteiger partial charge in [0, 0.05) is 18.5 Å². The van der Waals surface area contributed by atoms with E-state index in [1.807, 2.05) is 0 Å². The summed E-state index contributed by atoms with van der Waals surface area (Å²) >= 11 is 0. The normalized spacial score (nSPS) is 36.9. The Balaban J connectivity index is 1.98. The first kappa shape index (κ1) is 6.91. The van der Waals surface area contributed by atoms with Crippen molar-refractivity contribution in [2.24, 2.45) is 5.92 Å². The van der Waals surface area contributed by atoms with Crippen LogP contribution in [0.5, 0.6) is 0 Å². The molecule has 2 aliphatic rings. The highest BCUT2D eigenvalue weighted by molar-refractivity contribution is 5.68. The number of rotatable bonds is 0. The number of carbonyl (C=O) groups excluding carboxylic acids is 1. The minimum atomic E-state index is -0.256. The first-order valence-electron chi connectivity index (χ1n) is 4.00. The SMILES string of the molecule is O=C1N[C@@H]2CCNC[C@@H]2CO1. The molecular weight excluding hydrogens is 144 g/mol. The fourth-order valence-corrected chi connectivity index (χ4v) is 1.66. The monoisotopic (exact) mass is 156 g/mol. The lowest BCUT2D eigenvalue weighted by atomic mass is 9.93. The van der Waals surface area contributed by atoms with Crippen LogP contribution in [0.1, 0.15) is 6.42 Å². The third kappa shape index (κ3) is 1.30. The summed E-state index contributed by atoms with van der Waals surface area (Å²) in [7, 11) is 0. The van der Waals surface area contributed by atoms with E-state index in [0.717, 1.165) is 19.5 Å². The van der Waals surface area contributed by atoms with E-state index in [1.165, 1.54) is 0 Å². The Hall–Kier alpha value is -0.770. The molecule has 0 saturated carbocycles. The highest BCUT2D eigenvalue weighted by Gasteiger charge is 2.31. The van der Waals surface area contributed by atoms with E-state index >= 15 is 0 Å². The van der Waals surface area contributed by atoms with E-state index in [0.29, 0.717) is 18.6 Å². The maximum atomic E-state index is 10.8. The second-order valence-electron chi connectivity index (χ2n) is 3.10. The molecule has 2 atom stereocenters. The first-order chi connectivity index (χ1) is 5.36. The fourth-order valence-electron chi connectivity index (χ4n) is 1.66. The largest absolute Gasteiger partial charge is 0.449 e. The van der Waals surface area contributed by atoms with Crippen molar-refractivity contribution in [3.8, 4) is 0 Å². The van der Waals surface area contributed by atoms with E-state index in [1.54, 1.807) is 0 Å². The molecule has 0 unspecified atom stereocenters. The number of hydrogen-bond donors (Lipinski definition) is 2. The number of ether oxygens (including phenoxy) is 1. The molecule has 2 N–H and O–H groups in total. The number of carbonyl (C=O) groups is 1. The predicted octanol–water partition coefficient (Wildman–Crippen LogP) is -0.296. The molecule has 0 aromatic carbocycles. The topological polar surface area (TPSA) is 50.4 Å². The number of piperidine rings is 1. The van der Waals surface area contributed by atoms with Crippen LogP contribution in [0.3, 0.4) is 0 Å². The average Bonchev–Trinajstić information content (AvgIpc) is 2.04. The molecule has 2 rings (SSSR count). The van der Waals surface area contributed by atoms with E-state index in [4.69, 9.17) is 4.74 Å². The van der Waals surface area contributed by atoms with E-state index < -0.39 is 0 Å². The van der Waals surface area contributed by atoms with Crippen LogP contribution >= 0.6 is 0 Å². The summed E-state index contributed by atoms with van der Waals surface area (Å²) in [6, 6.07) is 0.345. The average molecular weight is 156 g/mol. The summed E-state index contributed by atoms with van der Waals surface area (Å²) < 4.78 is 4.86. The third-order valence-electron chi connectivity index (χ3n) is 2.34. The standard InChI is InChI=1S/C7H12N2O2/c10-7-9-6-1-2-8-3-5(6)4-11-7/h5-6,8H,1-4H2,(H,9,10)/t5-,6-/m1/s1. The molecule has 4 heteroatoms. The first-order valence-corrected chi connectivity index (χ1v) is 4.00. The lowest BCUT2D eigenvalue weighted by Gasteiger charge is -2.35. The van der Waals surface area contributed by atoms with Gasteiger partial charge in [0.05, 0.1) is 6.61 Å². The molecular formula is C7H12N2O2. The van der Waals surface area contributed by atoms with Crippen molar-refractivity contribution in [3.63, 3.8) is 0 Å². The third-order valence-corrected chi connectivity index (χ3v) is 2.34. The van der Waals surface area contributed by atoms with Gasteiger partial charge in [-0.3, -0.25) is 0 Å². The maximum Gasteiger partial charge on any atom is 0.407 e. The summed E-state index contributed by atoms with van der Waals surface area (Å²) in [5, 5.41) is 6.08. The van der Waals surface area contributed by atoms with Gasteiger partial charge in [0.2, 0.25) is 0 Å². The molecule has 62 valence electrons. The van der Waals surface area contributed by atoms with Crippen LogP contribution in [-0.2, 0) is 4.74 Å². The number of cyclic esters (lactones) is 1. The number of amides is 1. The van der Waals surface area contributed by atoms with Gasteiger partial charge in [-0.05, 0) is 13.0 Å². The van der Waals surface area contributed by atoms with Crippen LogP contribution in [0.15, 0.2) is 0 Å². The van der Waals surface area contributed by atoms with Gasteiger partial charge in [-0.25, -0.2) is 4.79 Å². The minimum absolute atomic E-state index is 0.256. The molecule has 2 fully saturated rings. The van der Waals surface area contributed by atoms with Crippen molar-refractivity contribution in [3.05, 3.63) is 0 Å². The Morgan fingerprint density at radius 1 is 1.55 bits per heavy atom. The summed E-state index contributed by atoms with van der Waals surface area (Å²) in [6.45, 7) is 2.54. The molecule has 2 heterocycles. The summed E-state index contributed by atoms with van der Waals surface area (Å²) in [6.07, 6.45) is 0.771. The molecule has 2 saturated heterocycles. The molecule has 1 amide bonds. The van der Waals surface area contributed by atoms with Crippen LogP contribution in [0.2, 0.25) is 0 Å². The molecule has 0 aromatic heterocycles. The van der Waals surface area contributed by atoms with Gasteiger partial charge in [-0.15, -0.1) is 0 Å². The van der Waals surface area contributed by atoms with Gasteiger partial charge in [-0.2, -0.15) is 0 Å². The van der Waals surface area contributed by atoms with Crippen molar-refractivity contribution in [1.29, 1.82) is 0 Å². The van der Waals surface area contributed by atoms with E-state index in [-0.39, 0.29) is 6.09 Å². The summed E-state index contributed by atoms with van der Waals surface area (Å²) in [5.41, 5.74) is 0. The lowest BCUT2D eigenvalue weighted by molar-refractivity contribution is 0.0703. The maximum absolute atomic E-state index is 10.8. The van der Waals surface area contributed by atoms with Crippen LogP contribution in [-0.4, -0.2) is 31.8 Å². The molecule has 11 heavy (non-hydrogen) atoms. The molecule has 2 aliphatic heterocycles. The van der Waals surface area contributed by atoms with Crippen molar-refractivity contribution in [2.75, 3.05) is 19.7 Å². The molecule has 4 nitrogen and oxygen atoms in total. The van der Waals surface area contributed by atoms with Gasteiger partial charge in [0.15, 0.2) is 0 Å². The quantitative estimate of drug-likeness (QED) is 0.506. The van der Waals surface area contributed by atoms with Crippen LogP contribution in [0.25, 0.3) is 0 Å².